The Kier molecular flexibility index (Phi) is 3.68. The van der Waals surface area contributed by atoms with Gasteiger partial charge in [-0.1, -0.05) is 18.2 Å². The van der Waals surface area contributed by atoms with Gasteiger partial charge in [0.05, 0.1) is 23.6 Å². The van der Waals surface area contributed by atoms with Crippen molar-refractivity contribution in [2.24, 2.45) is 0 Å². The van der Waals surface area contributed by atoms with Crippen LogP contribution in [-0.2, 0) is 4.79 Å². The summed E-state index contributed by atoms with van der Waals surface area (Å²) < 4.78 is 5.16. The number of carbonyl (C=O) groups is 2. The Morgan fingerprint density at radius 2 is 2.14 bits per heavy atom. The third-order valence-electron chi connectivity index (χ3n) is 3.45. The third-order valence-corrected chi connectivity index (χ3v) is 4.32. The van der Waals surface area contributed by atoms with Crippen LogP contribution < -0.4 is 10.1 Å². The molecule has 1 aliphatic rings. The van der Waals surface area contributed by atoms with Crippen LogP contribution in [0.5, 0.6) is 5.75 Å². The average molecular weight is 315 g/mol. The second-order valence-electron chi connectivity index (χ2n) is 4.75. The first-order valence-corrected chi connectivity index (χ1v) is 7.46. The molecule has 0 bridgehead atoms. The lowest BCUT2D eigenvalue weighted by Gasteiger charge is -2.15. The molecule has 1 aromatic carbocycles. The lowest BCUT2D eigenvalue weighted by molar-refractivity contribution is -0.119. The topological polar surface area (TPSA) is 75.6 Å². The zero-order chi connectivity index (χ0) is 15.7. The van der Waals surface area contributed by atoms with Crippen molar-refractivity contribution >= 4 is 23.0 Å². The van der Waals surface area contributed by atoms with Gasteiger partial charge in [0.15, 0.2) is 5.76 Å². The number of thiophene rings is 1. The summed E-state index contributed by atoms with van der Waals surface area (Å²) in [6, 6.07) is 9.77. The monoisotopic (exact) mass is 315 g/mol. The van der Waals surface area contributed by atoms with E-state index in [-0.39, 0.29) is 11.4 Å². The van der Waals surface area contributed by atoms with E-state index in [0.717, 1.165) is 0 Å². The van der Waals surface area contributed by atoms with Gasteiger partial charge in [0.2, 0.25) is 5.78 Å². The van der Waals surface area contributed by atoms with E-state index in [2.05, 4.69) is 5.32 Å². The highest BCUT2D eigenvalue weighted by Gasteiger charge is 2.37. The van der Waals surface area contributed by atoms with Crippen LogP contribution in [0.2, 0.25) is 0 Å². The minimum absolute atomic E-state index is 0.0701. The normalized spacial score (nSPS) is 17.5. The van der Waals surface area contributed by atoms with Crippen molar-refractivity contribution in [1.29, 1.82) is 0 Å². The van der Waals surface area contributed by atoms with Crippen LogP contribution in [0.1, 0.15) is 21.3 Å². The van der Waals surface area contributed by atoms with Gasteiger partial charge in [-0.05, 0) is 29.1 Å². The zero-order valence-corrected chi connectivity index (χ0v) is 12.5. The molecule has 1 unspecified atom stereocenters. The summed E-state index contributed by atoms with van der Waals surface area (Å²) in [5.74, 6) is -0.904. The minimum Gasteiger partial charge on any atom is -0.503 e. The largest absolute Gasteiger partial charge is 0.503 e. The predicted molar refractivity (Wildman–Crippen MR) is 82.2 cm³/mol. The van der Waals surface area contributed by atoms with Crippen LogP contribution in [-0.4, -0.2) is 23.9 Å². The molecule has 2 heterocycles. The number of methoxy groups -OCH3 is 1. The first-order chi connectivity index (χ1) is 10.6. The Labute approximate surface area is 130 Å². The summed E-state index contributed by atoms with van der Waals surface area (Å²) in [6.45, 7) is 0. The molecule has 0 radical (unpaired) electrons. The maximum Gasteiger partial charge on any atom is 0.287 e. The van der Waals surface area contributed by atoms with Gasteiger partial charge in [-0.25, -0.2) is 0 Å². The lowest BCUT2D eigenvalue weighted by Crippen LogP contribution is -2.23. The molecule has 0 saturated heterocycles. The number of nitrogens with one attached hydrogen (secondary N) is 1. The Balaban J connectivity index is 2.04. The van der Waals surface area contributed by atoms with E-state index in [1.54, 1.807) is 41.8 Å². The summed E-state index contributed by atoms with van der Waals surface area (Å²) >= 11 is 1.27. The standard InChI is InChI=1S/C16H13NO4S/c1-21-10-5-2-4-9(8-10)13-12(15(19)16(20)17-13)14(18)11-6-3-7-22-11/h2-8,13,19H,1H3,(H,17,20). The predicted octanol–water partition coefficient (Wildman–Crippen LogP) is 2.62. The van der Waals surface area contributed by atoms with Gasteiger partial charge in [-0.3, -0.25) is 9.59 Å². The molecule has 2 aromatic rings. The first-order valence-electron chi connectivity index (χ1n) is 6.58. The summed E-state index contributed by atoms with van der Waals surface area (Å²) in [5.41, 5.74) is 0.748. The molecular formula is C16H13NO4S. The van der Waals surface area contributed by atoms with Gasteiger partial charge in [-0.15, -0.1) is 11.3 Å². The number of hydrogen-bond donors (Lipinski definition) is 2. The first kappa shape index (κ1) is 14.3. The van der Waals surface area contributed by atoms with Gasteiger partial charge in [0.25, 0.3) is 5.91 Å². The molecule has 0 fully saturated rings. The molecule has 3 rings (SSSR count). The van der Waals surface area contributed by atoms with E-state index in [4.69, 9.17) is 4.74 Å². The minimum atomic E-state index is -0.683. The quantitative estimate of drug-likeness (QED) is 0.851. The summed E-state index contributed by atoms with van der Waals surface area (Å²) in [5, 5.41) is 14.4. The SMILES string of the molecule is COc1cccc(C2NC(=O)C(O)=C2C(=O)c2cccs2)c1. The smallest absolute Gasteiger partial charge is 0.287 e. The van der Waals surface area contributed by atoms with Crippen molar-refractivity contribution < 1.29 is 19.4 Å². The fourth-order valence-corrected chi connectivity index (χ4v) is 3.06. The van der Waals surface area contributed by atoms with E-state index in [1.165, 1.54) is 18.4 Å². The van der Waals surface area contributed by atoms with E-state index < -0.39 is 17.7 Å². The number of ether oxygens (including phenoxy) is 1. The summed E-state index contributed by atoms with van der Waals surface area (Å²) in [4.78, 5) is 24.8. The second kappa shape index (κ2) is 5.65. The maximum absolute atomic E-state index is 12.6. The molecule has 0 saturated carbocycles. The van der Waals surface area contributed by atoms with E-state index >= 15 is 0 Å². The summed E-state index contributed by atoms with van der Waals surface area (Å²) in [7, 11) is 1.54. The van der Waals surface area contributed by atoms with Crippen LogP contribution in [0.15, 0.2) is 53.1 Å². The second-order valence-corrected chi connectivity index (χ2v) is 5.70. The third kappa shape index (κ3) is 2.37. The molecule has 1 aromatic heterocycles. The molecule has 112 valence electrons. The maximum atomic E-state index is 12.6. The molecule has 0 aliphatic carbocycles. The Bertz CT molecular complexity index is 764. The van der Waals surface area contributed by atoms with E-state index in [0.29, 0.717) is 16.2 Å². The Morgan fingerprint density at radius 3 is 2.82 bits per heavy atom. The van der Waals surface area contributed by atoms with Gasteiger partial charge < -0.3 is 15.2 Å². The lowest BCUT2D eigenvalue weighted by atomic mass is 9.96. The molecule has 1 aliphatic heterocycles. The number of Topliss-reactive ketones (excluding diaryl/α,β-unsaturated/α-hetero) is 1. The number of amides is 1. The van der Waals surface area contributed by atoms with Crippen LogP contribution in [0, 0.1) is 0 Å². The molecule has 0 spiro atoms. The highest BCUT2D eigenvalue weighted by Crippen LogP contribution is 2.33. The molecule has 22 heavy (non-hydrogen) atoms. The number of hydrogen-bond acceptors (Lipinski definition) is 5. The molecule has 5 nitrogen and oxygen atoms in total. The Morgan fingerprint density at radius 1 is 1.32 bits per heavy atom. The van der Waals surface area contributed by atoms with Crippen molar-refractivity contribution in [3.8, 4) is 5.75 Å². The Hall–Kier alpha value is -2.60. The number of carbonyl (C=O) groups excluding carboxylic acids is 2. The zero-order valence-electron chi connectivity index (χ0n) is 11.7. The summed E-state index contributed by atoms with van der Waals surface area (Å²) in [6.07, 6.45) is 0. The molecule has 2 N–H and O–H groups in total. The fourth-order valence-electron chi connectivity index (χ4n) is 2.38. The van der Waals surface area contributed by atoms with Crippen molar-refractivity contribution in [3.05, 3.63) is 63.6 Å². The molecule has 1 amide bonds. The molecule has 1 atom stereocenters. The number of benzene rings is 1. The van der Waals surface area contributed by atoms with Gasteiger partial charge >= 0.3 is 0 Å². The average Bonchev–Trinajstić information content (AvgIpc) is 3.16. The number of aliphatic hydroxyl groups excluding tert-OH is 1. The highest BCUT2D eigenvalue weighted by molar-refractivity contribution is 7.12. The number of aliphatic hydroxyl groups is 1. The van der Waals surface area contributed by atoms with Gasteiger partial charge in [0, 0.05) is 0 Å². The van der Waals surface area contributed by atoms with Crippen LogP contribution in [0.25, 0.3) is 0 Å². The van der Waals surface area contributed by atoms with Crippen LogP contribution >= 0.6 is 11.3 Å². The van der Waals surface area contributed by atoms with E-state index in [9.17, 15) is 14.7 Å². The van der Waals surface area contributed by atoms with Crippen LogP contribution in [0.3, 0.4) is 0 Å². The van der Waals surface area contributed by atoms with Crippen molar-refractivity contribution in [2.45, 2.75) is 6.04 Å². The van der Waals surface area contributed by atoms with Crippen molar-refractivity contribution in [3.63, 3.8) is 0 Å². The number of ketones is 1. The van der Waals surface area contributed by atoms with Gasteiger partial charge in [-0.2, -0.15) is 0 Å². The van der Waals surface area contributed by atoms with Gasteiger partial charge in [0.1, 0.15) is 5.75 Å². The van der Waals surface area contributed by atoms with Crippen molar-refractivity contribution in [1.82, 2.24) is 5.32 Å². The van der Waals surface area contributed by atoms with Crippen LogP contribution in [0.4, 0.5) is 0 Å². The van der Waals surface area contributed by atoms with Crippen molar-refractivity contribution in [2.75, 3.05) is 7.11 Å². The number of rotatable bonds is 4. The molecular weight excluding hydrogens is 302 g/mol. The highest BCUT2D eigenvalue weighted by atomic mass is 32.1. The fraction of sp³-hybridized carbons (Fsp3) is 0.125. The molecule has 6 heteroatoms. The van der Waals surface area contributed by atoms with E-state index in [1.807, 2.05) is 0 Å².